The second kappa shape index (κ2) is 4.85. The number of hydrogen-bond donors (Lipinski definition) is 2. The highest BCUT2D eigenvalue weighted by molar-refractivity contribution is 6.34. The monoisotopic (exact) mass is 241 g/mol. The summed E-state index contributed by atoms with van der Waals surface area (Å²) in [7, 11) is 1.47. The van der Waals surface area contributed by atoms with Crippen LogP contribution in [0.3, 0.4) is 0 Å². The Balaban J connectivity index is 2.92. The normalized spacial score (nSPS) is 9.88. The van der Waals surface area contributed by atoms with Gasteiger partial charge in [0.2, 0.25) is 5.91 Å². The van der Waals surface area contributed by atoms with Gasteiger partial charge in [-0.05, 0) is 18.2 Å². The van der Waals surface area contributed by atoms with Crippen LogP contribution in [-0.4, -0.2) is 30.3 Å². The van der Waals surface area contributed by atoms with Gasteiger partial charge in [0, 0.05) is 12.7 Å². The summed E-state index contributed by atoms with van der Waals surface area (Å²) in [5.74, 6) is -0.953. The van der Waals surface area contributed by atoms with Gasteiger partial charge in [0.05, 0.1) is 17.1 Å². The molecule has 0 atom stereocenters. The molecule has 5 nitrogen and oxygen atoms in total. The smallest absolute Gasteiger partial charge is 0.255 e. The second-order valence-corrected chi connectivity index (χ2v) is 3.77. The highest BCUT2D eigenvalue weighted by atomic mass is 35.5. The highest BCUT2D eigenvalue weighted by Gasteiger charge is 2.16. The summed E-state index contributed by atoms with van der Waals surface area (Å²) in [6.45, 7) is -0.153. The van der Waals surface area contributed by atoms with E-state index in [4.69, 9.17) is 23.1 Å². The summed E-state index contributed by atoms with van der Waals surface area (Å²) >= 11 is 5.86. The summed E-state index contributed by atoms with van der Waals surface area (Å²) in [5.41, 5.74) is 11.2. The van der Waals surface area contributed by atoms with Crippen molar-refractivity contribution in [3.8, 4) is 0 Å². The lowest BCUT2D eigenvalue weighted by Crippen LogP contribution is -2.35. The lowest BCUT2D eigenvalue weighted by atomic mass is 10.2. The van der Waals surface area contributed by atoms with E-state index in [2.05, 4.69) is 0 Å². The molecule has 1 rings (SSSR count). The predicted octanol–water partition coefficient (Wildman–Crippen LogP) is 0.480. The molecule has 16 heavy (non-hydrogen) atoms. The van der Waals surface area contributed by atoms with E-state index < -0.39 is 5.91 Å². The molecule has 1 aromatic rings. The quantitative estimate of drug-likeness (QED) is 0.755. The van der Waals surface area contributed by atoms with Crippen molar-refractivity contribution in [3.63, 3.8) is 0 Å². The molecule has 1 aromatic carbocycles. The molecule has 0 bridgehead atoms. The van der Waals surface area contributed by atoms with Crippen LogP contribution in [0.4, 0.5) is 5.69 Å². The van der Waals surface area contributed by atoms with Crippen LogP contribution in [0, 0.1) is 0 Å². The largest absolute Gasteiger partial charge is 0.399 e. The number of anilines is 1. The number of likely N-dealkylation sites (N-methyl/N-ethyl adjacent to an activating group) is 1. The molecule has 0 spiro atoms. The number of carbonyl (C=O) groups excluding carboxylic acids is 2. The summed E-state index contributed by atoms with van der Waals surface area (Å²) in [5, 5.41) is 0.251. The number of nitrogens with zero attached hydrogens (tertiary/aromatic N) is 1. The molecule has 0 saturated heterocycles. The summed E-state index contributed by atoms with van der Waals surface area (Å²) < 4.78 is 0. The zero-order valence-electron chi connectivity index (χ0n) is 8.74. The molecule has 0 saturated carbocycles. The van der Waals surface area contributed by atoms with Gasteiger partial charge in [-0.25, -0.2) is 0 Å². The number of primary amides is 1. The number of hydrogen-bond acceptors (Lipinski definition) is 3. The number of nitrogen functional groups attached to an aromatic ring is 1. The van der Waals surface area contributed by atoms with Crippen molar-refractivity contribution in [1.29, 1.82) is 0 Å². The molecule has 0 aliphatic rings. The van der Waals surface area contributed by atoms with Gasteiger partial charge in [-0.3, -0.25) is 9.59 Å². The zero-order chi connectivity index (χ0) is 12.3. The maximum absolute atomic E-state index is 11.8. The van der Waals surface area contributed by atoms with Gasteiger partial charge >= 0.3 is 0 Å². The van der Waals surface area contributed by atoms with E-state index in [1.54, 1.807) is 6.07 Å². The minimum absolute atomic E-state index is 0.153. The van der Waals surface area contributed by atoms with Crippen LogP contribution in [0.1, 0.15) is 10.4 Å². The fraction of sp³-hybridized carbons (Fsp3) is 0.200. The first kappa shape index (κ1) is 12.3. The number of amides is 2. The van der Waals surface area contributed by atoms with Crippen LogP contribution in [0.15, 0.2) is 18.2 Å². The highest BCUT2D eigenvalue weighted by Crippen LogP contribution is 2.20. The molecule has 0 aliphatic heterocycles. The number of halogens is 1. The SMILES string of the molecule is CN(CC(N)=O)C(=O)c1ccc(N)cc1Cl. The molecule has 0 fully saturated rings. The van der Waals surface area contributed by atoms with Crippen LogP contribution >= 0.6 is 11.6 Å². The summed E-state index contributed by atoms with van der Waals surface area (Å²) in [6, 6.07) is 4.56. The summed E-state index contributed by atoms with van der Waals surface area (Å²) in [4.78, 5) is 23.7. The molecule has 86 valence electrons. The van der Waals surface area contributed by atoms with Crippen molar-refractivity contribution in [2.24, 2.45) is 5.73 Å². The molecule has 0 aliphatic carbocycles. The second-order valence-electron chi connectivity index (χ2n) is 3.37. The van der Waals surface area contributed by atoms with E-state index in [1.807, 2.05) is 0 Å². The number of rotatable bonds is 3. The lowest BCUT2D eigenvalue weighted by molar-refractivity contribution is -0.118. The van der Waals surface area contributed by atoms with Crippen LogP contribution in [0.5, 0.6) is 0 Å². The van der Waals surface area contributed by atoms with E-state index in [0.29, 0.717) is 11.3 Å². The van der Waals surface area contributed by atoms with E-state index in [9.17, 15) is 9.59 Å². The van der Waals surface area contributed by atoms with E-state index in [0.717, 1.165) is 0 Å². The molecular formula is C10H12ClN3O2. The van der Waals surface area contributed by atoms with Crippen molar-refractivity contribution >= 4 is 29.1 Å². The molecule has 0 unspecified atom stereocenters. The van der Waals surface area contributed by atoms with Crippen LogP contribution in [-0.2, 0) is 4.79 Å². The van der Waals surface area contributed by atoms with Crippen LogP contribution in [0.25, 0.3) is 0 Å². The molecular weight excluding hydrogens is 230 g/mol. The van der Waals surface area contributed by atoms with Crippen molar-refractivity contribution < 1.29 is 9.59 Å². The van der Waals surface area contributed by atoms with Crippen LogP contribution in [0.2, 0.25) is 5.02 Å². The predicted molar refractivity (Wildman–Crippen MR) is 62.0 cm³/mol. The molecule has 2 amide bonds. The molecule has 0 aromatic heterocycles. The van der Waals surface area contributed by atoms with E-state index in [1.165, 1.54) is 24.1 Å². The number of benzene rings is 1. The third kappa shape index (κ3) is 2.87. The Kier molecular flexibility index (Phi) is 3.73. The topological polar surface area (TPSA) is 89.4 Å². The van der Waals surface area contributed by atoms with Gasteiger partial charge in [-0.15, -0.1) is 0 Å². The average molecular weight is 242 g/mol. The van der Waals surface area contributed by atoms with Crippen molar-refractivity contribution in [2.45, 2.75) is 0 Å². The number of nitrogens with two attached hydrogens (primary N) is 2. The third-order valence-corrected chi connectivity index (χ3v) is 2.28. The van der Waals surface area contributed by atoms with E-state index >= 15 is 0 Å². The molecule has 0 heterocycles. The zero-order valence-corrected chi connectivity index (χ0v) is 9.49. The minimum Gasteiger partial charge on any atom is -0.399 e. The first-order chi connectivity index (χ1) is 7.41. The maximum atomic E-state index is 11.8. The first-order valence-electron chi connectivity index (χ1n) is 4.50. The molecule has 6 heteroatoms. The Morgan fingerprint density at radius 3 is 2.56 bits per heavy atom. The molecule has 0 radical (unpaired) electrons. The maximum Gasteiger partial charge on any atom is 0.255 e. The number of carbonyl (C=O) groups is 2. The van der Waals surface area contributed by atoms with Gasteiger partial charge in [0.1, 0.15) is 0 Å². The van der Waals surface area contributed by atoms with Crippen LogP contribution < -0.4 is 11.5 Å². The third-order valence-electron chi connectivity index (χ3n) is 1.96. The van der Waals surface area contributed by atoms with Gasteiger partial charge < -0.3 is 16.4 Å². The van der Waals surface area contributed by atoms with E-state index in [-0.39, 0.29) is 17.5 Å². The van der Waals surface area contributed by atoms with Gasteiger partial charge in [0.25, 0.3) is 5.91 Å². The average Bonchev–Trinajstić information content (AvgIpc) is 2.15. The standard InChI is InChI=1S/C10H12ClN3O2/c1-14(5-9(13)15)10(16)7-3-2-6(12)4-8(7)11/h2-4H,5,12H2,1H3,(H2,13,15). The van der Waals surface area contributed by atoms with Gasteiger partial charge in [0.15, 0.2) is 0 Å². The Labute approximate surface area is 98.0 Å². The fourth-order valence-electron chi connectivity index (χ4n) is 1.22. The van der Waals surface area contributed by atoms with Crippen molar-refractivity contribution in [2.75, 3.05) is 19.3 Å². The Hall–Kier alpha value is -1.75. The van der Waals surface area contributed by atoms with Crippen molar-refractivity contribution in [3.05, 3.63) is 28.8 Å². The first-order valence-corrected chi connectivity index (χ1v) is 4.88. The fourth-order valence-corrected chi connectivity index (χ4v) is 1.49. The molecule has 4 N–H and O–H groups in total. The lowest BCUT2D eigenvalue weighted by Gasteiger charge is -2.15. The van der Waals surface area contributed by atoms with Gasteiger partial charge in [-0.2, -0.15) is 0 Å². The summed E-state index contributed by atoms with van der Waals surface area (Å²) in [6.07, 6.45) is 0. The Bertz CT molecular complexity index is 434. The Morgan fingerprint density at radius 1 is 1.44 bits per heavy atom. The minimum atomic E-state index is -0.581. The van der Waals surface area contributed by atoms with Crippen molar-refractivity contribution in [1.82, 2.24) is 4.90 Å². The van der Waals surface area contributed by atoms with Gasteiger partial charge in [-0.1, -0.05) is 11.6 Å². The Morgan fingerprint density at radius 2 is 2.06 bits per heavy atom.